The molecule has 1 heterocycles. The van der Waals surface area contributed by atoms with Gasteiger partial charge in [-0.25, -0.2) is 0 Å². The molecule has 86 valence electrons. The lowest BCUT2D eigenvalue weighted by molar-refractivity contribution is -0.0663. The summed E-state index contributed by atoms with van der Waals surface area (Å²) in [5, 5.41) is 0. The minimum Gasteiger partial charge on any atom is -0.376 e. The molecule has 1 saturated heterocycles. The fraction of sp³-hybridized carbons (Fsp3) is 0.846. The van der Waals surface area contributed by atoms with Gasteiger partial charge in [-0.05, 0) is 46.5 Å². The first kappa shape index (κ1) is 12.5. The zero-order valence-electron chi connectivity index (χ0n) is 10.3. The van der Waals surface area contributed by atoms with Crippen molar-refractivity contribution in [1.29, 1.82) is 0 Å². The molecule has 2 N–H and O–H groups in total. The number of nitrogens with two attached hydrogens (primary N) is 1. The van der Waals surface area contributed by atoms with Gasteiger partial charge in [-0.1, -0.05) is 0 Å². The second-order valence-electron chi connectivity index (χ2n) is 5.78. The normalized spacial score (nSPS) is 28.5. The average molecular weight is 209 g/mol. The first-order chi connectivity index (χ1) is 6.77. The smallest absolute Gasteiger partial charge is 0.0749 e. The molecule has 2 nitrogen and oxygen atoms in total. The van der Waals surface area contributed by atoms with E-state index in [0.717, 1.165) is 19.4 Å². The molecule has 1 aliphatic heterocycles. The van der Waals surface area contributed by atoms with Crippen LogP contribution >= 0.6 is 0 Å². The quantitative estimate of drug-likeness (QED) is 0.707. The summed E-state index contributed by atoms with van der Waals surface area (Å²) < 4.78 is 5.82. The Morgan fingerprint density at radius 3 is 2.20 bits per heavy atom. The second kappa shape index (κ2) is 4.15. The second-order valence-corrected chi connectivity index (χ2v) is 5.78. The number of terminal acetylenes is 1. The van der Waals surface area contributed by atoms with E-state index in [1.54, 1.807) is 0 Å². The monoisotopic (exact) mass is 209 g/mol. The van der Waals surface area contributed by atoms with Crippen LogP contribution in [0.3, 0.4) is 0 Å². The molecule has 2 atom stereocenters. The molecule has 1 rings (SSSR count). The Bertz CT molecular complexity index is 249. The lowest BCUT2D eigenvalue weighted by atomic mass is 9.75. The zero-order chi connectivity index (χ0) is 11.7. The number of rotatable bonds is 2. The fourth-order valence-electron chi connectivity index (χ4n) is 2.03. The lowest BCUT2D eigenvalue weighted by Crippen LogP contribution is -2.50. The maximum Gasteiger partial charge on any atom is 0.0749 e. The van der Waals surface area contributed by atoms with Gasteiger partial charge in [0.15, 0.2) is 0 Å². The van der Waals surface area contributed by atoms with Crippen LogP contribution in [0.1, 0.15) is 40.5 Å². The van der Waals surface area contributed by atoms with Gasteiger partial charge in [-0.15, -0.1) is 12.3 Å². The molecule has 1 fully saturated rings. The van der Waals surface area contributed by atoms with Crippen LogP contribution in [-0.4, -0.2) is 18.2 Å². The Hall–Kier alpha value is -0.520. The van der Waals surface area contributed by atoms with Crippen LogP contribution in [-0.2, 0) is 4.74 Å². The van der Waals surface area contributed by atoms with Gasteiger partial charge in [0.05, 0.1) is 12.7 Å². The molecule has 0 spiro atoms. The molecule has 1 aliphatic rings. The minimum atomic E-state index is -0.245. The SMILES string of the molecule is C#CC(C)(C)C1CCC(C(C)(C)N)OC1. The van der Waals surface area contributed by atoms with Gasteiger partial charge in [-0.3, -0.25) is 0 Å². The van der Waals surface area contributed by atoms with Crippen molar-refractivity contribution in [2.45, 2.75) is 52.2 Å². The van der Waals surface area contributed by atoms with Crippen molar-refractivity contribution in [2.75, 3.05) is 6.61 Å². The number of hydrogen-bond acceptors (Lipinski definition) is 2. The Kier molecular flexibility index (Phi) is 3.48. The van der Waals surface area contributed by atoms with E-state index in [-0.39, 0.29) is 17.1 Å². The summed E-state index contributed by atoms with van der Waals surface area (Å²) in [5.74, 6) is 3.31. The van der Waals surface area contributed by atoms with E-state index in [9.17, 15) is 0 Å². The summed E-state index contributed by atoms with van der Waals surface area (Å²) in [6, 6.07) is 0. The van der Waals surface area contributed by atoms with E-state index in [1.807, 2.05) is 13.8 Å². The molecule has 0 aromatic carbocycles. The van der Waals surface area contributed by atoms with Crippen LogP contribution in [0.2, 0.25) is 0 Å². The van der Waals surface area contributed by atoms with Crippen LogP contribution in [0, 0.1) is 23.7 Å². The van der Waals surface area contributed by atoms with E-state index in [2.05, 4.69) is 19.8 Å². The van der Waals surface area contributed by atoms with Crippen molar-refractivity contribution >= 4 is 0 Å². The van der Waals surface area contributed by atoms with Gasteiger partial charge in [0, 0.05) is 11.0 Å². The van der Waals surface area contributed by atoms with E-state index < -0.39 is 0 Å². The van der Waals surface area contributed by atoms with E-state index in [4.69, 9.17) is 16.9 Å². The maximum absolute atomic E-state index is 6.03. The molecule has 2 unspecified atom stereocenters. The van der Waals surface area contributed by atoms with E-state index in [1.165, 1.54) is 0 Å². The summed E-state index contributed by atoms with van der Waals surface area (Å²) in [7, 11) is 0. The van der Waals surface area contributed by atoms with Crippen molar-refractivity contribution in [3.8, 4) is 12.3 Å². The predicted octanol–water partition coefficient (Wildman–Crippen LogP) is 2.18. The van der Waals surface area contributed by atoms with Crippen LogP contribution in [0.5, 0.6) is 0 Å². The Balaban J connectivity index is 2.54. The Labute approximate surface area is 93.6 Å². The molecule has 0 aliphatic carbocycles. The molecule has 0 aromatic rings. The largest absolute Gasteiger partial charge is 0.376 e. The number of ether oxygens (including phenoxy) is 1. The Morgan fingerprint density at radius 1 is 1.27 bits per heavy atom. The van der Waals surface area contributed by atoms with Crippen molar-refractivity contribution < 1.29 is 4.74 Å². The molecule has 15 heavy (non-hydrogen) atoms. The topological polar surface area (TPSA) is 35.2 Å². The Morgan fingerprint density at radius 2 is 1.87 bits per heavy atom. The molecule has 0 amide bonds. The highest BCUT2D eigenvalue weighted by Gasteiger charge is 2.36. The first-order valence-electron chi connectivity index (χ1n) is 5.65. The highest BCUT2D eigenvalue weighted by Crippen LogP contribution is 2.35. The van der Waals surface area contributed by atoms with Gasteiger partial charge in [0.25, 0.3) is 0 Å². The standard InChI is InChI=1S/C13H23NO/c1-6-12(2,3)10-7-8-11(15-9-10)13(4,5)14/h1,10-11H,7-9,14H2,2-5H3. The van der Waals surface area contributed by atoms with Crippen LogP contribution in [0.4, 0.5) is 0 Å². The van der Waals surface area contributed by atoms with Crippen LogP contribution in [0.25, 0.3) is 0 Å². The zero-order valence-corrected chi connectivity index (χ0v) is 10.3. The van der Waals surface area contributed by atoms with Gasteiger partial charge < -0.3 is 10.5 Å². The van der Waals surface area contributed by atoms with Crippen molar-refractivity contribution in [2.24, 2.45) is 17.1 Å². The van der Waals surface area contributed by atoms with Crippen molar-refractivity contribution in [3.05, 3.63) is 0 Å². The average Bonchev–Trinajstić information content (AvgIpc) is 2.17. The highest BCUT2D eigenvalue weighted by molar-refractivity contribution is 5.05. The molecular weight excluding hydrogens is 186 g/mol. The molecule has 0 bridgehead atoms. The summed E-state index contributed by atoms with van der Waals surface area (Å²) >= 11 is 0. The van der Waals surface area contributed by atoms with Gasteiger partial charge in [0.1, 0.15) is 0 Å². The molecular formula is C13H23NO. The lowest BCUT2D eigenvalue weighted by Gasteiger charge is -2.40. The van der Waals surface area contributed by atoms with Gasteiger partial charge in [-0.2, -0.15) is 0 Å². The van der Waals surface area contributed by atoms with Crippen LogP contribution in [0.15, 0.2) is 0 Å². The van der Waals surface area contributed by atoms with Crippen molar-refractivity contribution in [3.63, 3.8) is 0 Å². The van der Waals surface area contributed by atoms with E-state index >= 15 is 0 Å². The van der Waals surface area contributed by atoms with E-state index in [0.29, 0.717) is 5.92 Å². The third-order valence-corrected chi connectivity index (χ3v) is 3.50. The van der Waals surface area contributed by atoms with Gasteiger partial charge >= 0.3 is 0 Å². The third-order valence-electron chi connectivity index (χ3n) is 3.50. The van der Waals surface area contributed by atoms with Crippen molar-refractivity contribution in [1.82, 2.24) is 0 Å². The summed E-state index contributed by atoms with van der Waals surface area (Å²) in [6.07, 6.45) is 7.82. The molecule has 0 aromatic heterocycles. The molecule has 0 saturated carbocycles. The maximum atomic E-state index is 6.03. The third kappa shape index (κ3) is 2.96. The highest BCUT2D eigenvalue weighted by atomic mass is 16.5. The molecule has 0 radical (unpaired) electrons. The fourth-order valence-corrected chi connectivity index (χ4v) is 2.03. The predicted molar refractivity (Wildman–Crippen MR) is 63.3 cm³/mol. The number of hydrogen-bond donors (Lipinski definition) is 1. The van der Waals surface area contributed by atoms with Gasteiger partial charge in [0.2, 0.25) is 0 Å². The summed E-state index contributed by atoms with van der Waals surface area (Å²) in [6.45, 7) is 8.99. The van der Waals surface area contributed by atoms with Crippen LogP contribution < -0.4 is 5.73 Å². The molecule has 2 heteroatoms. The summed E-state index contributed by atoms with van der Waals surface area (Å²) in [4.78, 5) is 0. The summed E-state index contributed by atoms with van der Waals surface area (Å²) in [5.41, 5.74) is 5.72. The first-order valence-corrected chi connectivity index (χ1v) is 5.65. The minimum absolute atomic E-state index is 0.0658.